The van der Waals surface area contributed by atoms with Crippen LogP contribution in [0.1, 0.15) is 31.2 Å². The summed E-state index contributed by atoms with van der Waals surface area (Å²) in [6.07, 6.45) is 4.40. The first kappa shape index (κ1) is 14.4. The summed E-state index contributed by atoms with van der Waals surface area (Å²) >= 11 is 4.45. The molecule has 0 aromatic heterocycles. The molecule has 21 heavy (non-hydrogen) atoms. The minimum absolute atomic E-state index is 0.0931. The number of aryl methyl sites for hydroxylation is 1. The smallest absolute Gasteiger partial charge is 0.269 e. The lowest BCUT2D eigenvalue weighted by Gasteiger charge is -2.45. The van der Waals surface area contributed by atoms with Crippen LogP contribution in [0.3, 0.4) is 0 Å². The van der Waals surface area contributed by atoms with Gasteiger partial charge in [0.15, 0.2) is 0 Å². The van der Waals surface area contributed by atoms with Gasteiger partial charge in [0.1, 0.15) is 0 Å². The highest BCUT2D eigenvalue weighted by molar-refractivity contribution is 7.80. The summed E-state index contributed by atoms with van der Waals surface area (Å²) in [6, 6.07) is 4.80. The lowest BCUT2D eigenvalue weighted by atomic mass is 9.69. The number of non-ortho nitro benzene ring substituents is 1. The number of fused-ring (bicyclic) bond motifs is 1. The van der Waals surface area contributed by atoms with Gasteiger partial charge in [0, 0.05) is 30.8 Å². The second-order valence-electron chi connectivity index (χ2n) is 6.06. The molecule has 1 aromatic rings. The van der Waals surface area contributed by atoms with E-state index in [-0.39, 0.29) is 21.9 Å². The molecule has 1 fully saturated rings. The van der Waals surface area contributed by atoms with Crippen LogP contribution in [-0.4, -0.2) is 23.1 Å². The van der Waals surface area contributed by atoms with Crippen molar-refractivity contribution < 1.29 is 9.72 Å². The average molecular weight is 306 g/mol. The Balaban J connectivity index is 1.92. The number of amides is 1. The third-order valence-electron chi connectivity index (χ3n) is 4.72. The van der Waals surface area contributed by atoms with Gasteiger partial charge in [0.25, 0.3) is 5.69 Å². The van der Waals surface area contributed by atoms with Gasteiger partial charge >= 0.3 is 0 Å². The second-order valence-corrected chi connectivity index (χ2v) is 6.38. The van der Waals surface area contributed by atoms with Crippen LogP contribution in [0, 0.1) is 15.5 Å². The topological polar surface area (TPSA) is 63.4 Å². The first-order valence-electron chi connectivity index (χ1n) is 7.23. The predicted octanol–water partition coefficient (Wildman–Crippen LogP) is 2.97. The maximum atomic E-state index is 12.3. The van der Waals surface area contributed by atoms with E-state index < -0.39 is 0 Å². The molecule has 3 rings (SSSR count). The summed E-state index contributed by atoms with van der Waals surface area (Å²) < 4.78 is 0. The normalized spacial score (nSPS) is 19.9. The van der Waals surface area contributed by atoms with Gasteiger partial charge in [-0.15, -0.1) is 0 Å². The monoisotopic (exact) mass is 306 g/mol. The van der Waals surface area contributed by atoms with E-state index in [9.17, 15) is 14.9 Å². The number of carbonyl (C=O) groups excluding carboxylic acids is 1. The number of thiol groups is 1. The van der Waals surface area contributed by atoms with E-state index in [0.717, 1.165) is 29.8 Å². The largest absolute Gasteiger partial charge is 0.312 e. The van der Waals surface area contributed by atoms with E-state index in [0.29, 0.717) is 19.4 Å². The van der Waals surface area contributed by atoms with Crippen molar-refractivity contribution in [3.8, 4) is 0 Å². The molecule has 112 valence electrons. The molecule has 5 nitrogen and oxygen atoms in total. The zero-order valence-electron chi connectivity index (χ0n) is 11.7. The maximum Gasteiger partial charge on any atom is 0.269 e. The van der Waals surface area contributed by atoms with Crippen molar-refractivity contribution in [1.82, 2.24) is 0 Å². The number of anilines is 1. The highest BCUT2D eigenvalue weighted by Crippen LogP contribution is 2.44. The summed E-state index contributed by atoms with van der Waals surface area (Å²) in [7, 11) is 0. The van der Waals surface area contributed by atoms with Crippen molar-refractivity contribution in [2.45, 2.75) is 32.1 Å². The average Bonchev–Trinajstić information content (AvgIpc) is 2.44. The number of hydrogen-bond donors (Lipinski definition) is 1. The summed E-state index contributed by atoms with van der Waals surface area (Å²) in [5, 5.41) is 10.9. The molecule has 1 saturated carbocycles. The molecular weight excluding hydrogens is 288 g/mol. The van der Waals surface area contributed by atoms with Crippen molar-refractivity contribution in [2.75, 3.05) is 17.2 Å². The van der Waals surface area contributed by atoms with Crippen LogP contribution in [0.15, 0.2) is 18.2 Å². The van der Waals surface area contributed by atoms with Crippen LogP contribution in [0.4, 0.5) is 11.4 Å². The molecule has 0 radical (unpaired) electrons. The van der Waals surface area contributed by atoms with Gasteiger partial charge < -0.3 is 4.90 Å². The van der Waals surface area contributed by atoms with Crippen LogP contribution in [-0.2, 0) is 11.2 Å². The van der Waals surface area contributed by atoms with Crippen molar-refractivity contribution in [3.63, 3.8) is 0 Å². The molecule has 2 aliphatic rings. The summed E-state index contributed by atoms with van der Waals surface area (Å²) in [6.45, 7) is 0.681. The number of carbonyl (C=O) groups is 1. The van der Waals surface area contributed by atoms with Crippen LogP contribution in [0.25, 0.3) is 0 Å². The second kappa shape index (κ2) is 5.33. The van der Waals surface area contributed by atoms with Gasteiger partial charge in [0.2, 0.25) is 5.91 Å². The van der Waals surface area contributed by atoms with Gasteiger partial charge in [0.05, 0.1) is 4.92 Å². The van der Waals surface area contributed by atoms with Crippen molar-refractivity contribution in [3.05, 3.63) is 33.9 Å². The van der Waals surface area contributed by atoms with Crippen LogP contribution in [0.5, 0.6) is 0 Å². The van der Waals surface area contributed by atoms with E-state index >= 15 is 0 Å². The van der Waals surface area contributed by atoms with E-state index in [1.54, 1.807) is 12.1 Å². The predicted molar refractivity (Wildman–Crippen MR) is 83.9 cm³/mol. The van der Waals surface area contributed by atoms with Crippen LogP contribution in [0.2, 0.25) is 0 Å². The lowest BCUT2D eigenvalue weighted by Crippen LogP contribution is -2.47. The Bertz CT molecular complexity index is 593. The molecule has 1 heterocycles. The van der Waals surface area contributed by atoms with Crippen LogP contribution < -0.4 is 4.90 Å². The molecule has 6 heteroatoms. The van der Waals surface area contributed by atoms with Gasteiger partial charge in [-0.2, -0.15) is 12.6 Å². The van der Waals surface area contributed by atoms with Crippen molar-refractivity contribution >= 4 is 29.9 Å². The SMILES string of the molecule is O=C1CCc2cc([N+](=O)[O-])ccc2N1CC1(CS)CCC1. The Morgan fingerprint density at radius 2 is 2.10 bits per heavy atom. The first-order chi connectivity index (χ1) is 10.0. The number of nitro groups is 1. The standard InChI is InChI=1S/C15H18N2O3S/c18-14-5-2-11-8-12(17(19)20)3-4-13(11)16(14)9-15(10-21)6-1-7-15/h3-4,8,21H,1-2,5-7,9-10H2. The number of benzene rings is 1. The van der Waals surface area contributed by atoms with Crippen LogP contribution >= 0.6 is 12.6 Å². The fourth-order valence-electron chi connectivity index (χ4n) is 3.21. The first-order valence-corrected chi connectivity index (χ1v) is 7.86. The van der Waals surface area contributed by atoms with Gasteiger partial charge in [-0.05, 0) is 42.1 Å². The molecule has 1 aliphatic heterocycles. The summed E-state index contributed by atoms with van der Waals surface area (Å²) in [4.78, 5) is 24.6. The Kier molecular flexibility index (Phi) is 3.65. The fourth-order valence-corrected chi connectivity index (χ4v) is 3.63. The Morgan fingerprint density at radius 3 is 2.67 bits per heavy atom. The molecule has 1 amide bonds. The van der Waals surface area contributed by atoms with E-state index in [1.165, 1.54) is 12.5 Å². The molecule has 0 saturated heterocycles. The number of rotatable bonds is 4. The molecule has 0 spiro atoms. The maximum absolute atomic E-state index is 12.3. The Morgan fingerprint density at radius 1 is 1.33 bits per heavy atom. The summed E-state index contributed by atoms with van der Waals surface area (Å²) in [5.74, 6) is 0.892. The van der Waals surface area contributed by atoms with E-state index in [4.69, 9.17) is 0 Å². The number of nitrogens with zero attached hydrogens (tertiary/aromatic N) is 2. The van der Waals surface area contributed by atoms with Gasteiger partial charge in [-0.25, -0.2) is 0 Å². The third kappa shape index (κ3) is 2.52. The van der Waals surface area contributed by atoms with E-state index in [1.807, 2.05) is 4.90 Å². The fraction of sp³-hybridized carbons (Fsp3) is 0.533. The van der Waals surface area contributed by atoms with Crippen molar-refractivity contribution in [1.29, 1.82) is 0 Å². The minimum atomic E-state index is -0.387. The highest BCUT2D eigenvalue weighted by atomic mass is 32.1. The molecule has 0 unspecified atom stereocenters. The third-order valence-corrected chi connectivity index (χ3v) is 5.39. The Hall–Kier alpha value is -1.56. The quantitative estimate of drug-likeness (QED) is 0.528. The number of nitro benzene ring substituents is 1. The molecule has 1 aliphatic carbocycles. The Labute approximate surface area is 128 Å². The number of hydrogen-bond acceptors (Lipinski definition) is 4. The molecule has 0 N–H and O–H groups in total. The van der Waals surface area contributed by atoms with Crippen molar-refractivity contribution in [2.24, 2.45) is 5.41 Å². The molecular formula is C15H18N2O3S. The summed E-state index contributed by atoms with van der Waals surface area (Å²) in [5.41, 5.74) is 1.95. The molecule has 1 aromatic carbocycles. The highest BCUT2D eigenvalue weighted by Gasteiger charge is 2.40. The lowest BCUT2D eigenvalue weighted by molar-refractivity contribution is -0.384. The molecule has 0 atom stereocenters. The van der Waals surface area contributed by atoms with E-state index in [2.05, 4.69) is 12.6 Å². The minimum Gasteiger partial charge on any atom is -0.312 e. The zero-order valence-corrected chi connectivity index (χ0v) is 12.6. The van der Waals surface area contributed by atoms with Gasteiger partial charge in [-0.3, -0.25) is 14.9 Å². The zero-order chi connectivity index (χ0) is 15.0. The van der Waals surface area contributed by atoms with Gasteiger partial charge in [-0.1, -0.05) is 6.42 Å². The molecule has 0 bridgehead atoms.